The molecule has 1 amide bonds. The Balaban J connectivity index is 1.52. The van der Waals surface area contributed by atoms with Crippen LogP contribution >= 0.6 is 0 Å². The zero-order valence-electron chi connectivity index (χ0n) is 19.4. The molecule has 8 heteroatoms. The first-order valence-electron chi connectivity index (χ1n) is 11.7. The van der Waals surface area contributed by atoms with Gasteiger partial charge in [0.25, 0.3) is 5.91 Å². The van der Waals surface area contributed by atoms with Gasteiger partial charge in [0, 0.05) is 30.3 Å². The molecule has 1 aliphatic rings. The number of likely N-dealkylation sites (tertiary alicyclic amines) is 1. The third kappa shape index (κ3) is 4.64. The lowest BCUT2D eigenvalue weighted by Crippen LogP contribution is -2.41. The Morgan fingerprint density at radius 2 is 1.66 bits per heavy atom. The van der Waals surface area contributed by atoms with Gasteiger partial charge in [-0.2, -0.15) is 5.10 Å². The zero-order valence-corrected chi connectivity index (χ0v) is 19.4. The highest BCUT2D eigenvalue weighted by Crippen LogP contribution is 2.26. The van der Waals surface area contributed by atoms with Gasteiger partial charge in [0.15, 0.2) is 5.65 Å². The van der Waals surface area contributed by atoms with Crippen LogP contribution in [0.15, 0.2) is 66.7 Å². The first-order chi connectivity index (χ1) is 17.0. The van der Waals surface area contributed by atoms with Crippen molar-refractivity contribution >= 4 is 17.5 Å². The monoisotopic (exact) mass is 472 g/mol. The number of carbonyl (C=O) groups excluding carboxylic acids is 2. The SMILES string of the molecule is CCOC(=O)C1CCN(C(=O)c2cc(-c3ccc(F)cc3)nc3cc(-c4ccccc4)nn23)CC1. The van der Waals surface area contributed by atoms with Crippen LogP contribution in [0.4, 0.5) is 4.39 Å². The molecular formula is C27H25FN4O3. The fraction of sp³-hybridized carbons (Fsp3) is 0.259. The van der Waals surface area contributed by atoms with Gasteiger partial charge in [-0.05, 0) is 50.1 Å². The van der Waals surface area contributed by atoms with E-state index in [1.807, 2.05) is 36.4 Å². The second kappa shape index (κ2) is 9.66. The van der Waals surface area contributed by atoms with Crippen LogP contribution in [0.3, 0.4) is 0 Å². The topological polar surface area (TPSA) is 76.8 Å². The second-order valence-corrected chi connectivity index (χ2v) is 8.52. The summed E-state index contributed by atoms with van der Waals surface area (Å²) in [5.41, 5.74) is 3.76. The smallest absolute Gasteiger partial charge is 0.309 e. The van der Waals surface area contributed by atoms with Gasteiger partial charge in [0.05, 0.1) is 23.9 Å². The van der Waals surface area contributed by atoms with Crippen molar-refractivity contribution in [3.8, 4) is 22.5 Å². The summed E-state index contributed by atoms with van der Waals surface area (Å²) < 4.78 is 20.2. The van der Waals surface area contributed by atoms with Crippen molar-refractivity contribution in [2.45, 2.75) is 19.8 Å². The van der Waals surface area contributed by atoms with Gasteiger partial charge in [0.1, 0.15) is 11.5 Å². The molecule has 0 saturated carbocycles. The summed E-state index contributed by atoms with van der Waals surface area (Å²) >= 11 is 0. The Morgan fingerprint density at radius 3 is 2.34 bits per heavy atom. The molecule has 35 heavy (non-hydrogen) atoms. The summed E-state index contributed by atoms with van der Waals surface area (Å²) in [5.74, 6) is -0.929. The fourth-order valence-electron chi connectivity index (χ4n) is 4.39. The number of carbonyl (C=O) groups is 2. The Bertz CT molecular complexity index is 1360. The third-order valence-corrected chi connectivity index (χ3v) is 6.26. The van der Waals surface area contributed by atoms with Crippen LogP contribution < -0.4 is 0 Å². The molecule has 0 aliphatic carbocycles. The summed E-state index contributed by atoms with van der Waals surface area (Å²) in [6, 6.07) is 19.2. The summed E-state index contributed by atoms with van der Waals surface area (Å²) in [6.07, 6.45) is 1.11. The molecular weight excluding hydrogens is 447 g/mol. The summed E-state index contributed by atoms with van der Waals surface area (Å²) in [7, 11) is 0. The standard InChI is InChI=1S/C27H25FN4O3/c1-2-35-27(34)20-12-14-31(15-13-20)26(33)24-16-22(19-8-10-21(28)11-9-19)29-25-17-23(30-32(24)25)18-6-4-3-5-7-18/h3-11,16-17,20H,2,12-15H2,1H3. The van der Waals surface area contributed by atoms with E-state index in [0.717, 1.165) is 5.56 Å². The molecule has 0 spiro atoms. The van der Waals surface area contributed by atoms with Gasteiger partial charge in [-0.1, -0.05) is 30.3 Å². The maximum atomic E-state index is 13.7. The Labute approximate surface area is 202 Å². The zero-order chi connectivity index (χ0) is 24.4. The molecule has 1 aliphatic heterocycles. The highest BCUT2D eigenvalue weighted by atomic mass is 19.1. The molecule has 2 aromatic heterocycles. The molecule has 3 heterocycles. The van der Waals surface area contributed by atoms with Crippen molar-refractivity contribution < 1.29 is 18.7 Å². The van der Waals surface area contributed by atoms with Crippen LogP contribution in [0.2, 0.25) is 0 Å². The van der Waals surface area contributed by atoms with E-state index in [1.54, 1.807) is 34.5 Å². The van der Waals surface area contributed by atoms with Crippen molar-refractivity contribution in [3.05, 3.63) is 78.2 Å². The first kappa shape index (κ1) is 22.7. The minimum absolute atomic E-state index is 0.189. The first-order valence-corrected chi connectivity index (χ1v) is 11.7. The number of hydrogen-bond donors (Lipinski definition) is 0. The summed E-state index contributed by atoms with van der Waals surface area (Å²) in [4.78, 5) is 32.2. The minimum atomic E-state index is -0.341. The Hall–Kier alpha value is -4.07. The number of benzene rings is 2. The normalized spacial score (nSPS) is 14.3. The molecule has 5 rings (SSSR count). The van der Waals surface area contributed by atoms with E-state index in [0.29, 0.717) is 60.8 Å². The van der Waals surface area contributed by atoms with Crippen molar-refractivity contribution in [2.24, 2.45) is 5.92 Å². The number of amides is 1. The van der Waals surface area contributed by atoms with E-state index < -0.39 is 0 Å². The van der Waals surface area contributed by atoms with E-state index >= 15 is 0 Å². The number of piperidine rings is 1. The number of ether oxygens (including phenoxy) is 1. The van der Waals surface area contributed by atoms with Crippen molar-refractivity contribution in [2.75, 3.05) is 19.7 Å². The number of fused-ring (bicyclic) bond motifs is 1. The van der Waals surface area contributed by atoms with Crippen LogP contribution in [0.5, 0.6) is 0 Å². The second-order valence-electron chi connectivity index (χ2n) is 8.52. The van der Waals surface area contributed by atoms with Gasteiger partial charge in [0.2, 0.25) is 0 Å². The molecule has 178 valence electrons. The van der Waals surface area contributed by atoms with E-state index in [9.17, 15) is 14.0 Å². The lowest BCUT2D eigenvalue weighted by atomic mass is 9.96. The highest BCUT2D eigenvalue weighted by molar-refractivity contribution is 5.94. The highest BCUT2D eigenvalue weighted by Gasteiger charge is 2.30. The van der Waals surface area contributed by atoms with Crippen molar-refractivity contribution in [3.63, 3.8) is 0 Å². The third-order valence-electron chi connectivity index (χ3n) is 6.26. The van der Waals surface area contributed by atoms with E-state index in [1.165, 1.54) is 12.1 Å². The fourth-order valence-corrected chi connectivity index (χ4v) is 4.39. The molecule has 0 N–H and O–H groups in total. The number of hydrogen-bond acceptors (Lipinski definition) is 5. The van der Waals surface area contributed by atoms with E-state index in [4.69, 9.17) is 9.72 Å². The number of nitrogens with zero attached hydrogens (tertiary/aromatic N) is 4. The van der Waals surface area contributed by atoms with Crippen LogP contribution in [-0.4, -0.2) is 51.1 Å². The predicted molar refractivity (Wildman–Crippen MR) is 129 cm³/mol. The molecule has 0 bridgehead atoms. The van der Waals surface area contributed by atoms with Crippen molar-refractivity contribution in [1.82, 2.24) is 19.5 Å². The van der Waals surface area contributed by atoms with Gasteiger partial charge in [-0.25, -0.2) is 13.9 Å². The molecule has 4 aromatic rings. The lowest BCUT2D eigenvalue weighted by Gasteiger charge is -2.31. The summed E-state index contributed by atoms with van der Waals surface area (Å²) in [5, 5.41) is 4.69. The Kier molecular flexibility index (Phi) is 6.27. The van der Waals surface area contributed by atoms with E-state index in [2.05, 4.69) is 5.10 Å². The van der Waals surface area contributed by atoms with E-state index in [-0.39, 0.29) is 23.6 Å². The molecule has 0 atom stereocenters. The molecule has 1 fully saturated rings. The minimum Gasteiger partial charge on any atom is -0.466 e. The van der Waals surface area contributed by atoms with Gasteiger partial charge in [-0.15, -0.1) is 0 Å². The molecule has 7 nitrogen and oxygen atoms in total. The summed E-state index contributed by atoms with van der Waals surface area (Å²) in [6.45, 7) is 3.04. The molecule has 1 saturated heterocycles. The number of halogens is 1. The average molecular weight is 473 g/mol. The Morgan fingerprint density at radius 1 is 0.971 bits per heavy atom. The number of aromatic nitrogens is 3. The number of esters is 1. The van der Waals surface area contributed by atoms with Crippen LogP contribution in [0.1, 0.15) is 30.3 Å². The number of rotatable bonds is 5. The van der Waals surface area contributed by atoms with Crippen LogP contribution in [0.25, 0.3) is 28.2 Å². The lowest BCUT2D eigenvalue weighted by molar-refractivity contribution is -0.149. The van der Waals surface area contributed by atoms with Gasteiger partial charge in [-0.3, -0.25) is 9.59 Å². The predicted octanol–water partition coefficient (Wildman–Crippen LogP) is 4.62. The average Bonchev–Trinajstić information content (AvgIpc) is 3.33. The van der Waals surface area contributed by atoms with Gasteiger partial charge >= 0.3 is 5.97 Å². The van der Waals surface area contributed by atoms with Crippen LogP contribution in [0, 0.1) is 11.7 Å². The van der Waals surface area contributed by atoms with Crippen LogP contribution in [-0.2, 0) is 9.53 Å². The molecule has 0 radical (unpaired) electrons. The van der Waals surface area contributed by atoms with Crippen molar-refractivity contribution in [1.29, 1.82) is 0 Å². The quantitative estimate of drug-likeness (QED) is 0.396. The maximum absolute atomic E-state index is 13.7. The molecule has 0 unspecified atom stereocenters. The maximum Gasteiger partial charge on any atom is 0.309 e. The van der Waals surface area contributed by atoms with Gasteiger partial charge < -0.3 is 9.64 Å². The molecule has 2 aromatic carbocycles. The largest absolute Gasteiger partial charge is 0.466 e.